The number of aromatic nitrogens is 2. The van der Waals surface area contributed by atoms with E-state index in [1.54, 1.807) is 17.1 Å². The Bertz CT molecular complexity index is 666. The molecule has 2 heterocycles. The predicted molar refractivity (Wildman–Crippen MR) is 92.9 cm³/mol. The molecule has 1 aliphatic heterocycles. The predicted octanol–water partition coefficient (Wildman–Crippen LogP) is 1.27. The number of amides is 1. The van der Waals surface area contributed by atoms with Crippen LogP contribution in [0.3, 0.4) is 0 Å². The molecule has 2 aromatic rings. The third-order valence-corrected chi connectivity index (χ3v) is 4.33. The Kier molecular flexibility index (Phi) is 5.43. The summed E-state index contributed by atoms with van der Waals surface area (Å²) in [6.07, 6.45) is 3.35. The van der Waals surface area contributed by atoms with E-state index in [0.29, 0.717) is 12.1 Å². The van der Waals surface area contributed by atoms with Crippen LogP contribution in [0.25, 0.3) is 5.69 Å². The summed E-state index contributed by atoms with van der Waals surface area (Å²) < 4.78 is 2.68. The summed E-state index contributed by atoms with van der Waals surface area (Å²) in [7, 11) is 0. The van der Waals surface area contributed by atoms with Crippen LogP contribution in [-0.2, 0) is 0 Å². The Labute approximate surface area is 144 Å². The Morgan fingerprint density at radius 3 is 2.96 bits per heavy atom. The van der Waals surface area contributed by atoms with E-state index >= 15 is 0 Å². The minimum Gasteiger partial charge on any atom is -0.351 e. The number of carbonyl (C=O) groups is 1. The molecule has 0 spiro atoms. The van der Waals surface area contributed by atoms with Crippen LogP contribution < -0.4 is 10.6 Å². The number of hydrogen-bond donors (Lipinski definition) is 2. The van der Waals surface area contributed by atoms with Gasteiger partial charge in [-0.15, -0.1) is 0 Å². The lowest BCUT2D eigenvalue weighted by molar-refractivity contribution is 0.0947. The molecule has 122 valence electrons. The van der Waals surface area contributed by atoms with Crippen LogP contribution in [0.4, 0.5) is 0 Å². The molecule has 1 aromatic carbocycles. The molecule has 1 aliphatic rings. The highest BCUT2D eigenvalue weighted by Gasteiger charge is 2.12. The molecule has 23 heavy (non-hydrogen) atoms. The first-order chi connectivity index (χ1) is 11.2. The Morgan fingerprint density at radius 2 is 2.17 bits per heavy atom. The maximum Gasteiger partial charge on any atom is 0.254 e. The van der Waals surface area contributed by atoms with Crippen LogP contribution in [0.15, 0.2) is 41.1 Å². The van der Waals surface area contributed by atoms with Gasteiger partial charge >= 0.3 is 0 Å². The lowest BCUT2D eigenvalue weighted by Gasteiger charge is -2.26. The van der Waals surface area contributed by atoms with Crippen LogP contribution in [0.2, 0.25) is 0 Å². The van der Waals surface area contributed by atoms with Gasteiger partial charge in [-0.2, -0.15) is 5.10 Å². The zero-order chi connectivity index (χ0) is 16.1. The van der Waals surface area contributed by atoms with E-state index in [1.807, 2.05) is 24.3 Å². The van der Waals surface area contributed by atoms with Crippen LogP contribution in [-0.4, -0.2) is 59.9 Å². The van der Waals surface area contributed by atoms with Gasteiger partial charge in [0, 0.05) is 49.9 Å². The molecule has 0 bridgehead atoms. The summed E-state index contributed by atoms with van der Waals surface area (Å²) in [5.74, 6) is -0.0821. The van der Waals surface area contributed by atoms with Crippen LogP contribution in [0.1, 0.15) is 10.4 Å². The topological polar surface area (TPSA) is 62.2 Å². The van der Waals surface area contributed by atoms with Gasteiger partial charge in [-0.1, -0.05) is 22.0 Å². The van der Waals surface area contributed by atoms with Gasteiger partial charge in [0.1, 0.15) is 0 Å². The first-order valence-corrected chi connectivity index (χ1v) is 8.53. The molecular weight excluding hydrogens is 358 g/mol. The first-order valence-electron chi connectivity index (χ1n) is 7.74. The maximum atomic E-state index is 12.2. The van der Waals surface area contributed by atoms with Gasteiger partial charge < -0.3 is 10.6 Å². The SMILES string of the molecule is O=C(NCCN1CCNCC1)c1cnn(-c2cccc(Br)c2)c1. The van der Waals surface area contributed by atoms with Crippen molar-refractivity contribution in [2.75, 3.05) is 39.3 Å². The van der Waals surface area contributed by atoms with E-state index in [1.165, 1.54) is 0 Å². The molecule has 2 N–H and O–H groups in total. The summed E-state index contributed by atoms with van der Waals surface area (Å²) in [6, 6.07) is 7.80. The van der Waals surface area contributed by atoms with Gasteiger partial charge in [0.05, 0.1) is 17.4 Å². The fourth-order valence-corrected chi connectivity index (χ4v) is 2.95. The average molecular weight is 378 g/mol. The molecule has 0 radical (unpaired) electrons. The van der Waals surface area contributed by atoms with Crippen molar-refractivity contribution in [1.82, 2.24) is 25.3 Å². The van der Waals surface area contributed by atoms with Crippen molar-refractivity contribution in [2.24, 2.45) is 0 Å². The van der Waals surface area contributed by atoms with Crippen molar-refractivity contribution in [2.45, 2.75) is 0 Å². The van der Waals surface area contributed by atoms with E-state index < -0.39 is 0 Å². The fourth-order valence-electron chi connectivity index (χ4n) is 2.56. The lowest BCUT2D eigenvalue weighted by atomic mass is 10.3. The molecule has 6 nitrogen and oxygen atoms in total. The monoisotopic (exact) mass is 377 g/mol. The molecule has 1 aromatic heterocycles. The molecule has 1 amide bonds. The number of nitrogens with zero attached hydrogens (tertiary/aromatic N) is 3. The first kappa shape index (κ1) is 16.2. The molecule has 0 unspecified atom stereocenters. The number of rotatable bonds is 5. The Hall–Kier alpha value is -1.70. The zero-order valence-electron chi connectivity index (χ0n) is 12.8. The normalized spacial score (nSPS) is 15.5. The maximum absolute atomic E-state index is 12.2. The van der Waals surface area contributed by atoms with Gasteiger partial charge in [-0.3, -0.25) is 9.69 Å². The number of nitrogens with one attached hydrogen (secondary N) is 2. The highest BCUT2D eigenvalue weighted by molar-refractivity contribution is 9.10. The third-order valence-electron chi connectivity index (χ3n) is 3.84. The molecule has 3 rings (SSSR count). The van der Waals surface area contributed by atoms with Gasteiger partial charge in [-0.05, 0) is 18.2 Å². The third kappa shape index (κ3) is 4.40. The minimum atomic E-state index is -0.0821. The van der Waals surface area contributed by atoms with Crippen LogP contribution in [0.5, 0.6) is 0 Å². The molecule has 1 saturated heterocycles. The van der Waals surface area contributed by atoms with E-state index in [-0.39, 0.29) is 5.91 Å². The summed E-state index contributed by atoms with van der Waals surface area (Å²) in [5, 5.41) is 10.5. The average Bonchev–Trinajstić information content (AvgIpc) is 3.06. The van der Waals surface area contributed by atoms with E-state index in [9.17, 15) is 4.79 Å². The molecule has 0 saturated carbocycles. The van der Waals surface area contributed by atoms with Crippen molar-refractivity contribution in [1.29, 1.82) is 0 Å². The standard InChI is InChI=1S/C16H20BrN5O/c17-14-2-1-3-15(10-14)22-12-13(11-20-22)16(23)19-6-9-21-7-4-18-5-8-21/h1-3,10-12,18H,4-9H2,(H,19,23). The van der Waals surface area contributed by atoms with Crippen molar-refractivity contribution in [3.8, 4) is 5.69 Å². The smallest absolute Gasteiger partial charge is 0.254 e. The van der Waals surface area contributed by atoms with Crippen molar-refractivity contribution in [3.05, 3.63) is 46.7 Å². The second-order valence-electron chi connectivity index (χ2n) is 5.50. The fraction of sp³-hybridized carbons (Fsp3) is 0.375. The van der Waals surface area contributed by atoms with Gasteiger partial charge in [0.25, 0.3) is 5.91 Å². The molecule has 1 fully saturated rings. The zero-order valence-corrected chi connectivity index (χ0v) is 14.4. The summed E-state index contributed by atoms with van der Waals surface area (Å²) >= 11 is 3.44. The number of halogens is 1. The quantitative estimate of drug-likeness (QED) is 0.823. The number of carbonyl (C=O) groups excluding carboxylic acids is 1. The summed E-state index contributed by atoms with van der Waals surface area (Å²) in [4.78, 5) is 14.5. The minimum absolute atomic E-state index is 0.0821. The van der Waals surface area contributed by atoms with Crippen molar-refractivity contribution in [3.63, 3.8) is 0 Å². The van der Waals surface area contributed by atoms with Crippen LogP contribution in [0, 0.1) is 0 Å². The molecule has 0 aliphatic carbocycles. The molecule has 0 atom stereocenters. The molecule has 7 heteroatoms. The van der Waals surface area contributed by atoms with E-state index in [0.717, 1.165) is 42.9 Å². The summed E-state index contributed by atoms with van der Waals surface area (Å²) in [6.45, 7) is 5.65. The Balaban J connectivity index is 1.54. The Morgan fingerprint density at radius 1 is 1.35 bits per heavy atom. The van der Waals surface area contributed by atoms with Crippen molar-refractivity contribution < 1.29 is 4.79 Å². The largest absolute Gasteiger partial charge is 0.351 e. The van der Waals surface area contributed by atoms with Gasteiger partial charge in [-0.25, -0.2) is 4.68 Å². The van der Waals surface area contributed by atoms with Gasteiger partial charge in [0.15, 0.2) is 0 Å². The second kappa shape index (κ2) is 7.72. The van der Waals surface area contributed by atoms with E-state index in [2.05, 4.69) is 36.6 Å². The van der Waals surface area contributed by atoms with Crippen LogP contribution >= 0.6 is 15.9 Å². The highest BCUT2D eigenvalue weighted by Crippen LogP contribution is 2.15. The van der Waals surface area contributed by atoms with Gasteiger partial charge in [0.2, 0.25) is 0 Å². The number of hydrogen-bond acceptors (Lipinski definition) is 4. The number of benzene rings is 1. The van der Waals surface area contributed by atoms with E-state index in [4.69, 9.17) is 0 Å². The second-order valence-corrected chi connectivity index (χ2v) is 6.42. The molecular formula is C16H20BrN5O. The summed E-state index contributed by atoms with van der Waals surface area (Å²) in [5.41, 5.74) is 1.49. The number of piperazine rings is 1. The highest BCUT2D eigenvalue weighted by atomic mass is 79.9. The lowest BCUT2D eigenvalue weighted by Crippen LogP contribution is -2.46. The van der Waals surface area contributed by atoms with Crippen molar-refractivity contribution >= 4 is 21.8 Å².